The van der Waals surface area contributed by atoms with Crippen molar-refractivity contribution >= 4 is 12.0 Å². The zero-order valence-electron chi connectivity index (χ0n) is 9.28. The van der Waals surface area contributed by atoms with Crippen molar-refractivity contribution in [2.45, 2.75) is 26.4 Å². The SMILES string of the molecule is CCN(CC)C(=O)NCC(C)(O)C(=O)O. The molecule has 0 aromatic rings. The van der Waals surface area contributed by atoms with Gasteiger partial charge >= 0.3 is 12.0 Å². The monoisotopic (exact) mass is 218 g/mol. The maximum atomic E-state index is 11.4. The molecule has 0 spiro atoms. The van der Waals surface area contributed by atoms with E-state index < -0.39 is 11.6 Å². The first-order chi connectivity index (χ1) is 6.85. The molecule has 0 rings (SSSR count). The van der Waals surface area contributed by atoms with Gasteiger partial charge in [-0.2, -0.15) is 0 Å². The Hall–Kier alpha value is -1.30. The van der Waals surface area contributed by atoms with Gasteiger partial charge in [0.2, 0.25) is 0 Å². The summed E-state index contributed by atoms with van der Waals surface area (Å²) < 4.78 is 0. The Morgan fingerprint density at radius 3 is 2.13 bits per heavy atom. The number of carbonyl (C=O) groups is 2. The summed E-state index contributed by atoms with van der Waals surface area (Å²) >= 11 is 0. The number of nitrogens with zero attached hydrogens (tertiary/aromatic N) is 1. The molecule has 1 unspecified atom stereocenters. The number of carboxylic acids is 1. The van der Waals surface area contributed by atoms with Crippen molar-refractivity contribution < 1.29 is 19.8 Å². The molecule has 0 aromatic heterocycles. The lowest BCUT2D eigenvalue weighted by atomic mass is 10.1. The fraction of sp³-hybridized carbons (Fsp3) is 0.778. The fourth-order valence-electron chi connectivity index (χ4n) is 0.946. The van der Waals surface area contributed by atoms with Crippen LogP contribution < -0.4 is 5.32 Å². The summed E-state index contributed by atoms with van der Waals surface area (Å²) in [6.45, 7) is 5.54. The third-order valence-electron chi connectivity index (χ3n) is 2.10. The molecule has 0 heterocycles. The quantitative estimate of drug-likeness (QED) is 0.599. The van der Waals surface area contributed by atoms with Crippen molar-refractivity contribution in [2.75, 3.05) is 19.6 Å². The van der Waals surface area contributed by atoms with Gasteiger partial charge in [-0.1, -0.05) is 0 Å². The topological polar surface area (TPSA) is 89.9 Å². The van der Waals surface area contributed by atoms with Gasteiger partial charge in [0.05, 0.1) is 6.54 Å². The van der Waals surface area contributed by atoms with Crippen LogP contribution in [0, 0.1) is 0 Å². The molecule has 0 aliphatic rings. The van der Waals surface area contributed by atoms with E-state index in [1.165, 1.54) is 4.90 Å². The van der Waals surface area contributed by atoms with Gasteiger partial charge in [0, 0.05) is 13.1 Å². The van der Waals surface area contributed by atoms with Crippen molar-refractivity contribution in [1.82, 2.24) is 10.2 Å². The van der Waals surface area contributed by atoms with E-state index in [0.717, 1.165) is 6.92 Å². The molecule has 0 aliphatic carbocycles. The minimum atomic E-state index is -1.93. The minimum absolute atomic E-state index is 0.308. The molecule has 2 amide bonds. The summed E-state index contributed by atoms with van der Waals surface area (Å²) in [5.74, 6) is -1.36. The largest absolute Gasteiger partial charge is 0.479 e. The average Bonchev–Trinajstić information content (AvgIpc) is 2.16. The van der Waals surface area contributed by atoms with Crippen molar-refractivity contribution in [3.63, 3.8) is 0 Å². The van der Waals surface area contributed by atoms with Crippen molar-refractivity contribution in [3.8, 4) is 0 Å². The number of nitrogens with one attached hydrogen (secondary N) is 1. The predicted molar refractivity (Wildman–Crippen MR) is 54.6 cm³/mol. The van der Waals surface area contributed by atoms with Crippen LogP contribution in [0.2, 0.25) is 0 Å². The second-order valence-electron chi connectivity index (χ2n) is 3.41. The predicted octanol–water partition coefficient (Wildman–Crippen LogP) is -0.127. The second kappa shape index (κ2) is 5.55. The first-order valence-corrected chi connectivity index (χ1v) is 4.83. The fourth-order valence-corrected chi connectivity index (χ4v) is 0.946. The van der Waals surface area contributed by atoms with E-state index in [-0.39, 0.29) is 12.6 Å². The number of carbonyl (C=O) groups excluding carboxylic acids is 1. The van der Waals surface area contributed by atoms with Crippen LogP contribution in [0.25, 0.3) is 0 Å². The van der Waals surface area contributed by atoms with E-state index in [1.54, 1.807) is 0 Å². The van der Waals surface area contributed by atoms with Gasteiger partial charge in [-0.25, -0.2) is 9.59 Å². The van der Waals surface area contributed by atoms with E-state index in [1.807, 2.05) is 13.8 Å². The van der Waals surface area contributed by atoms with Crippen molar-refractivity contribution in [3.05, 3.63) is 0 Å². The van der Waals surface area contributed by atoms with Crippen LogP contribution in [-0.4, -0.2) is 52.3 Å². The Labute approximate surface area is 88.9 Å². The van der Waals surface area contributed by atoms with Gasteiger partial charge in [0.25, 0.3) is 0 Å². The van der Waals surface area contributed by atoms with Crippen LogP contribution in [0.3, 0.4) is 0 Å². The molecular weight excluding hydrogens is 200 g/mol. The molecule has 0 aliphatic heterocycles. The Morgan fingerprint density at radius 1 is 1.33 bits per heavy atom. The number of rotatable bonds is 5. The number of hydrogen-bond acceptors (Lipinski definition) is 3. The van der Waals surface area contributed by atoms with E-state index in [4.69, 9.17) is 5.11 Å². The molecule has 88 valence electrons. The number of hydrogen-bond donors (Lipinski definition) is 3. The highest BCUT2D eigenvalue weighted by atomic mass is 16.4. The number of aliphatic carboxylic acids is 1. The zero-order valence-corrected chi connectivity index (χ0v) is 9.28. The maximum absolute atomic E-state index is 11.4. The molecule has 0 saturated heterocycles. The first kappa shape index (κ1) is 13.7. The molecule has 1 atom stereocenters. The molecule has 6 nitrogen and oxygen atoms in total. The third-order valence-corrected chi connectivity index (χ3v) is 2.10. The number of carboxylic acid groups (broad SMARTS) is 1. The molecule has 0 bridgehead atoms. The van der Waals surface area contributed by atoms with Gasteiger partial charge < -0.3 is 20.4 Å². The van der Waals surface area contributed by atoms with E-state index in [9.17, 15) is 14.7 Å². The highest BCUT2D eigenvalue weighted by Crippen LogP contribution is 2.01. The molecule has 0 fully saturated rings. The number of aliphatic hydroxyl groups is 1. The van der Waals surface area contributed by atoms with Crippen LogP contribution >= 0.6 is 0 Å². The smallest absolute Gasteiger partial charge is 0.337 e. The maximum Gasteiger partial charge on any atom is 0.337 e. The Bertz CT molecular complexity index is 236. The van der Waals surface area contributed by atoms with Crippen LogP contribution in [0.5, 0.6) is 0 Å². The zero-order chi connectivity index (χ0) is 12.1. The van der Waals surface area contributed by atoms with Gasteiger partial charge in [-0.15, -0.1) is 0 Å². The van der Waals surface area contributed by atoms with Gasteiger partial charge in [0.15, 0.2) is 5.60 Å². The number of amides is 2. The van der Waals surface area contributed by atoms with Gasteiger partial charge in [-0.05, 0) is 20.8 Å². The molecule has 0 aromatic carbocycles. The summed E-state index contributed by atoms with van der Waals surface area (Å²) in [6, 6.07) is -0.374. The van der Waals surface area contributed by atoms with E-state index in [2.05, 4.69) is 5.32 Å². The average molecular weight is 218 g/mol. The lowest BCUT2D eigenvalue weighted by molar-refractivity contribution is -0.155. The van der Waals surface area contributed by atoms with Crippen LogP contribution in [-0.2, 0) is 4.79 Å². The highest BCUT2D eigenvalue weighted by Gasteiger charge is 2.30. The van der Waals surface area contributed by atoms with Crippen molar-refractivity contribution in [1.29, 1.82) is 0 Å². The molecular formula is C9H18N2O4. The Morgan fingerprint density at radius 2 is 1.80 bits per heavy atom. The molecule has 15 heavy (non-hydrogen) atoms. The normalized spacial score (nSPS) is 14.1. The standard InChI is InChI=1S/C9H18N2O4/c1-4-11(5-2)8(14)10-6-9(3,15)7(12)13/h15H,4-6H2,1-3H3,(H,10,14)(H,12,13). The Balaban J connectivity index is 4.16. The second-order valence-corrected chi connectivity index (χ2v) is 3.41. The molecule has 3 N–H and O–H groups in total. The summed E-state index contributed by atoms with van der Waals surface area (Å²) in [7, 11) is 0. The lowest BCUT2D eigenvalue weighted by Gasteiger charge is -2.23. The molecule has 6 heteroatoms. The van der Waals surface area contributed by atoms with Gasteiger partial charge in [-0.3, -0.25) is 0 Å². The van der Waals surface area contributed by atoms with E-state index in [0.29, 0.717) is 13.1 Å². The summed E-state index contributed by atoms with van der Waals surface area (Å²) in [4.78, 5) is 23.4. The highest BCUT2D eigenvalue weighted by molar-refractivity contribution is 5.79. The Kier molecular flexibility index (Phi) is 5.07. The number of urea groups is 1. The summed E-state index contributed by atoms with van der Waals surface area (Å²) in [6.07, 6.45) is 0. The van der Waals surface area contributed by atoms with E-state index >= 15 is 0 Å². The van der Waals surface area contributed by atoms with Crippen LogP contribution in [0.15, 0.2) is 0 Å². The summed E-state index contributed by atoms with van der Waals surface area (Å²) in [5.41, 5.74) is -1.93. The van der Waals surface area contributed by atoms with Crippen LogP contribution in [0.4, 0.5) is 4.79 Å². The van der Waals surface area contributed by atoms with Crippen molar-refractivity contribution in [2.24, 2.45) is 0 Å². The minimum Gasteiger partial charge on any atom is -0.479 e. The molecule has 0 radical (unpaired) electrons. The van der Waals surface area contributed by atoms with Crippen LogP contribution in [0.1, 0.15) is 20.8 Å². The van der Waals surface area contributed by atoms with Gasteiger partial charge in [0.1, 0.15) is 0 Å². The molecule has 0 saturated carbocycles. The third kappa shape index (κ3) is 4.16. The lowest BCUT2D eigenvalue weighted by Crippen LogP contribution is -2.50. The first-order valence-electron chi connectivity index (χ1n) is 4.83. The summed E-state index contributed by atoms with van der Waals surface area (Å²) in [5, 5.41) is 20.3.